The highest BCUT2D eigenvalue weighted by Gasteiger charge is 2.22. The van der Waals surface area contributed by atoms with Crippen LogP contribution in [0.15, 0.2) is 36.4 Å². The largest absolute Gasteiger partial charge is 0.379 e. The molecule has 30 heavy (non-hydrogen) atoms. The van der Waals surface area contributed by atoms with E-state index < -0.39 is 0 Å². The molecule has 2 aromatic heterocycles. The van der Waals surface area contributed by atoms with Crippen molar-refractivity contribution >= 4 is 32.9 Å². The minimum atomic E-state index is 0.793. The van der Waals surface area contributed by atoms with Gasteiger partial charge in [-0.1, -0.05) is 36.4 Å². The number of benzene rings is 1. The number of aromatic nitrogens is 2. The monoisotopic (exact) mass is 420 g/mol. The number of thiophene rings is 1. The van der Waals surface area contributed by atoms with E-state index in [9.17, 15) is 0 Å². The summed E-state index contributed by atoms with van der Waals surface area (Å²) in [6.07, 6.45) is 3.40. The molecule has 1 aromatic carbocycles. The number of nitrogens with zero attached hydrogens (tertiary/aromatic N) is 4. The highest BCUT2D eigenvalue weighted by atomic mass is 32.1. The van der Waals surface area contributed by atoms with Crippen LogP contribution < -0.4 is 4.90 Å². The molecule has 0 bridgehead atoms. The minimum Gasteiger partial charge on any atom is -0.379 e. The number of hydrogen-bond donors (Lipinski definition) is 0. The van der Waals surface area contributed by atoms with Crippen LogP contribution in [0, 0.1) is 13.8 Å². The molecule has 4 heterocycles. The summed E-state index contributed by atoms with van der Waals surface area (Å²) in [6.45, 7) is 10.6. The van der Waals surface area contributed by atoms with Gasteiger partial charge in [0.15, 0.2) is 0 Å². The van der Waals surface area contributed by atoms with Gasteiger partial charge in [-0.25, -0.2) is 9.97 Å². The van der Waals surface area contributed by atoms with Crippen molar-refractivity contribution in [1.82, 2.24) is 14.9 Å². The fourth-order valence-corrected chi connectivity index (χ4v) is 5.35. The molecule has 3 aromatic rings. The number of morpholine rings is 1. The van der Waals surface area contributed by atoms with Crippen molar-refractivity contribution in [3.05, 3.63) is 58.2 Å². The molecule has 0 saturated carbocycles. The molecule has 0 radical (unpaired) electrons. The first-order chi connectivity index (χ1) is 14.7. The first-order valence-corrected chi connectivity index (χ1v) is 11.6. The van der Waals surface area contributed by atoms with Crippen LogP contribution in [0.4, 0.5) is 5.82 Å². The third-order valence-electron chi connectivity index (χ3n) is 6.18. The summed E-state index contributed by atoms with van der Waals surface area (Å²) in [5, 5.41) is 1.24. The Morgan fingerprint density at radius 3 is 2.57 bits per heavy atom. The molecule has 5 nitrogen and oxygen atoms in total. The molecule has 1 fully saturated rings. The van der Waals surface area contributed by atoms with Crippen LogP contribution in [0.1, 0.15) is 28.2 Å². The molecule has 156 valence electrons. The van der Waals surface area contributed by atoms with Gasteiger partial charge in [-0.15, -0.1) is 11.3 Å². The van der Waals surface area contributed by atoms with Gasteiger partial charge < -0.3 is 9.64 Å². The van der Waals surface area contributed by atoms with E-state index in [0.29, 0.717) is 0 Å². The van der Waals surface area contributed by atoms with E-state index in [2.05, 4.69) is 60.1 Å². The second-order valence-electron chi connectivity index (χ2n) is 8.11. The molecule has 0 aliphatic carbocycles. The van der Waals surface area contributed by atoms with Crippen molar-refractivity contribution in [2.45, 2.75) is 26.8 Å². The summed E-state index contributed by atoms with van der Waals surface area (Å²) in [5.41, 5.74) is 4.09. The van der Waals surface area contributed by atoms with Gasteiger partial charge in [0.1, 0.15) is 16.5 Å². The standard InChI is InChI=1S/C24H28N4OS/c1-17-18(2)30-24-22(17)23(25-21(26-24)16-27-12-14-29-15-13-27)28-10-8-20(9-11-28)19-6-4-3-5-7-19/h3-8H,9-16H2,1-2H3. The van der Waals surface area contributed by atoms with Crippen LogP contribution in [0.3, 0.4) is 0 Å². The highest BCUT2D eigenvalue weighted by molar-refractivity contribution is 7.18. The van der Waals surface area contributed by atoms with Crippen LogP contribution in [0.25, 0.3) is 15.8 Å². The summed E-state index contributed by atoms with van der Waals surface area (Å²) in [4.78, 5) is 17.3. The summed E-state index contributed by atoms with van der Waals surface area (Å²) < 4.78 is 5.50. The third kappa shape index (κ3) is 3.87. The van der Waals surface area contributed by atoms with Gasteiger partial charge in [0.2, 0.25) is 0 Å². The molecule has 5 rings (SSSR count). The summed E-state index contributed by atoms with van der Waals surface area (Å²) in [7, 11) is 0. The lowest BCUT2D eigenvalue weighted by atomic mass is 9.99. The van der Waals surface area contributed by atoms with E-state index >= 15 is 0 Å². The van der Waals surface area contributed by atoms with E-state index in [1.807, 2.05) is 0 Å². The first-order valence-electron chi connectivity index (χ1n) is 10.7. The number of anilines is 1. The van der Waals surface area contributed by atoms with Gasteiger partial charge in [0.25, 0.3) is 0 Å². The average Bonchev–Trinajstić information content (AvgIpc) is 3.08. The Balaban J connectivity index is 1.47. The van der Waals surface area contributed by atoms with Gasteiger partial charge in [-0.05, 0) is 37.0 Å². The molecule has 2 aliphatic heterocycles. The van der Waals surface area contributed by atoms with Gasteiger partial charge in [0.05, 0.1) is 25.1 Å². The lowest BCUT2D eigenvalue weighted by molar-refractivity contribution is 0.0331. The number of hydrogen-bond acceptors (Lipinski definition) is 6. The highest BCUT2D eigenvalue weighted by Crippen LogP contribution is 2.36. The van der Waals surface area contributed by atoms with Gasteiger partial charge in [-0.2, -0.15) is 0 Å². The lowest BCUT2D eigenvalue weighted by Gasteiger charge is -2.29. The molecular weight excluding hydrogens is 392 g/mol. The Morgan fingerprint density at radius 2 is 1.83 bits per heavy atom. The number of aryl methyl sites for hydroxylation is 2. The Morgan fingerprint density at radius 1 is 1.03 bits per heavy atom. The zero-order chi connectivity index (χ0) is 20.5. The Labute approximate surface area is 182 Å². The van der Waals surface area contributed by atoms with Crippen molar-refractivity contribution < 1.29 is 4.74 Å². The van der Waals surface area contributed by atoms with Crippen LogP contribution in [-0.4, -0.2) is 54.3 Å². The molecule has 0 amide bonds. The van der Waals surface area contributed by atoms with Gasteiger partial charge in [-0.3, -0.25) is 4.90 Å². The molecule has 0 spiro atoms. The van der Waals surface area contributed by atoms with Crippen LogP contribution in [0.5, 0.6) is 0 Å². The van der Waals surface area contributed by atoms with Crippen LogP contribution in [-0.2, 0) is 11.3 Å². The number of ether oxygens (including phenoxy) is 1. The van der Waals surface area contributed by atoms with Gasteiger partial charge >= 0.3 is 0 Å². The zero-order valence-corrected chi connectivity index (χ0v) is 18.5. The Kier molecular flexibility index (Phi) is 5.54. The van der Waals surface area contributed by atoms with E-state index in [-0.39, 0.29) is 0 Å². The number of rotatable bonds is 4. The van der Waals surface area contributed by atoms with Crippen molar-refractivity contribution in [2.75, 3.05) is 44.3 Å². The predicted octanol–water partition coefficient (Wildman–Crippen LogP) is 4.43. The van der Waals surface area contributed by atoms with E-state index in [1.165, 1.54) is 27.0 Å². The van der Waals surface area contributed by atoms with Crippen molar-refractivity contribution in [2.24, 2.45) is 0 Å². The Bertz CT molecular complexity index is 1070. The first kappa shape index (κ1) is 19.7. The molecule has 0 N–H and O–H groups in total. The maximum absolute atomic E-state index is 5.50. The fourth-order valence-electron chi connectivity index (χ4n) is 4.31. The third-order valence-corrected chi connectivity index (χ3v) is 7.28. The molecule has 6 heteroatoms. The summed E-state index contributed by atoms with van der Waals surface area (Å²) in [6, 6.07) is 10.7. The maximum atomic E-state index is 5.50. The quantitative estimate of drug-likeness (QED) is 0.624. The van der Waals surface area contributed by atoms with Gasteiger partial charge in [0, 0.05) is 31.1 Å². The predicted molar refractivity (Wildman–Crippen MR) is 124 cm³/mol. The molecule has 1 saturated heterocycles. The molecular formula is C24H28N4OS. The smallest absolute Gasteiger partial charge is 0.146 e. The molecule has 2 aliphatic rings. The maximum Gasteiger partial charge on any atom is 0.146 e. The molecule has 0 atom stereocenters. The normalized spacial score (nSPS) is 18.1. The summed E-state index contributed by atoms with van der Waals surface area (Å²) >= 11 is 1.79. The molecule has 0 unspecified atom stereocenters. The van der Waals surface area contributed by atoms with E-state index in [1.54, 1.807) is 11.3 Å². The van der Waals surface area contributed by atoms with Crippen LogP contribution >= 0.6 is 11.3 Å². The topological polar surface area (TPSA) is 41.5 Å². The van der Waals surface area contributed by atoms with Crippen molar-refractivity contribution in [1.29, 1.82) is 0 Å². The van der Waals surface area contributed by atoms with E-state index in [4.69, 9.17) is 14.7 Å². The SMILES string of the molecule is Cc1sc2nc(CN3CCOCC3)nc(N3CC=C(c4ccccc4)CC3)c2c1C. The summed E-state index contributed by atoms with van der Waals surface area (Å²) in [5.74, 6) is 2.03. The lowest BCUT2D eigenvalue weighted by Crippen LogP contribution is -2.36. The fraction of sp³-hybridized carbons (Fsp3) is 0.417. The van der Waals surface area contributed by atoms with Crippen molar-refractivity contribution in [3.8, 4) is 0 Å². The zero-order valence-electron chi connectivity index (χ0n) is 17.7. The van der Waals surface area contributed by atoms with Crippen molar-refractivity contribution in [3.63, 3.8) is 0 Å². The Hall–Kier alpha value is -2.28. The van der Waals surface area contributed by atoms with Crippen LogP contribution in [0.2, 0.25) is 0 Å². The number of fused-ring (bicyclic) bond motifs is 1. The minimum absolute atomic E-state index is 0.793. The second-order valence-corrected chi connectivity index (χ2v) is 9.31. The average molecular weight is 421 g/mol. The van der Waals surface area contributed by atoms with E-state index in [0.717, 1.165) is 68.8 Å². The second kappa shape index (κ2) is 8.46.